The minimum Gasteiger partial charge on any atom is -0.465 e. The van der Waals surface area contributed by atoms with Gasteiger partial charge in [-0.15, -0.1) is 0 Å². The van der Waals surface area contributed by atoms with E-state index in [0.717, 1.165) is 11.3 Å². The van der Waals surface area contributed by atoms with Crippen LogP contribution in [0.1, 0.15) is 11.3 Å². The van der Waals surface area contributed by atoms with Crippen LogP contribution in [0.5, 0.6) is 17.4 Å². The molecule has 6 nitrogen and oxygen atoms in total. The maximum atomic E-state index is 11.9. The van der Waals surface area contributed by atoms with Crippen molar-refractivity contribution in [2.45, 2.75) is 13.8 Å². The molecule has 1 heterocycles. The Balaban J connectivity index is 1.52. The predicted octanol–water partition coefficient (Wildman–Crippen LogP) is 4.10. The molecule has 3 rings (SSSR count). The zero-order valence-corrected chi connectivity index (χ0v) is 14.0. The topological polar surface area (TPSA) is 73.6 Å². The van der Waals surface area contributed by atoms with Crippen molar-refractivity contribution in [1.29, 1.82) is 0 Å². The molecule has 0 atom stereocenters. The molecule has 0 aliphatic carbocycles. The predicted molar refractivity (Wildman–Crippen MR) is 93.1 cm³/mol. The van der Waals surface area contributed by atoms with E-state index in [2.05, 4.69) is 10.5 Å². The van der Waals surface area contributed by atoms with Crippen LogP contribution >= 0.6 is 0 Å². The van der Waals surface area contributed by atoms with Crippen LogP contribution in [0.25, 0.3) is 0 Å². The summed E-state index contributed by atoms with van der Waals surface area (Å²) in [4.78, 5) is 11.9. The van der Waals surface area contributed by atoms with Crippen LogP contribution in [-0.4, -0.2) is 17.7 Å². The molecular formula is C19H18N2O4. The number of rotatable bonds is 6. The number of amides is 1. The first-order valence-electron chi connectivity index (χ1n) is 7.79. The maximum Gasteiger partial charge on any atom is 0.262 e. The van der Waals surface area contributed by atoms with Crippen LogP contribution in [-0.2, 0) is 4.79 Å². The van der Waals surface area contributed by atoms with E-state index in [4.69, 9.17) is 14.0 Å². The van der Waals surface area contributed by atoms with Gasteiger partial charge < -0.3 is 19.3 Å². The summed E-state index contributed by atoms with van der Waals surface area (Å²) in [6.07, 6.45) is 0. The lowest BCUT2D eigenvalue weighted by Gasteiger charge is -2.08. The molecular weight excluding hydrogens is 320 g/mol. The van der Waals surface area contributed by atoms with E-state index in [-0.39, 0.29) is 18.4 Å². The molecule has 1 aromatic heterocycles. The highest BCUT2D eigenvalue weighted by Crippen LogP contribution is 2.23. The van der Waals surface area contributed by atoms with E-state index in [0.29, 0.717) is 17.2 Å². The van der Waals surface area contributed by atoms with Gasteiger partial charge in [-0.05, 0) is 61.0 Å². The molecule has 25 heavy (non-hydrogen) atoms. The average Bonchev–Trinajstić information content (AvgIpc) is 3.00. The van der Waals surface area contributed by atoms with Crippen molar-refractivity contribution < 1.29 is 18.8 Å². The Kier molecular flexibility index (Phi) is 4.99. The second-order valence-corrected chi connectivity index (χ2v) is 5.56. The lowest BCUT2D eigenvalue weighted by atomic mass is 10.2. The number of carbonyl (C=O) groups is 1. The van der Waals surface area contributed by atoms with Crippen molar-refractivity contribution in [3.63, 3.8) is 0 Å². The first-order valence-corrected chi connectivity index (χ1v) is 7.79. The molecule has 128 valence electrons. The van der Waals surface area contributed by atoms with E-state index in [1.54, 1.807) is 37.3 Å². The minimum absolute atomic E-state index is 0.145. The second-order valence-electron chi connectivity index (χ2n) is 5.56. The zero-order chi connectivity index (χ0) is 17.6. The largest absolute Gasteiger partial charge is 0.465 e. The smallest absolute Gasteiger partial charge is 0.262 e. The van der Waals surface area contributed by atoms with Crippen LogP contribution in [0, 0.1) is 13.8 Å². The lowest BCUT2D eigenvalue weighted by Crippen LogP contribution is -2.20. The van der Waals surface area contributed by atoms with Crippen LogP contribution < -0.4 is 14.8 Å². The monoisotopic (exact) mass is 338 g/mol. The molecule has 0 aliphatic heterocycles. The van der Waals surface area contributed by atoms with Gasteiger partial charge in [0.2, 0.25) is 0 Å². The number of ether oxygens (including phenoxy) is 2. The summed E-state index contributed by atoms with van der Waals surface area (Å²) < 4.78 is 15.9. The van der Waals surface area contributed by atoms with Crippen LogP contribution in [0.15, 0.2) is 59.1 Å². The van der Waals surface area contributed by atoms with Gasteiger partial charge in [0.25, 0.3) is 11.8 Å². The van der Waals surface area contributed by atoms with Gasteiger partial charge in [0.05, 0.1) is 0 Å². The Hall–Kier alpha value is -3.28. The molecule has 0 saturated carbocycles. The molecule has 1 amide bonds. The summed E-state index contributed by atoms with van der Waals surface area (Å²) in [5.41, 5.74) is 1.78. The standard InChI is InChI=1S/C19H18N2O4/c1-13-4-3-5-17(10-13)24-16-8-6-15(7-9-16)20-18(22)12-23-19-11-14(2)25-21-19/h3-11H,12H2,1-2H3,(H,20,22). The first-order chi connectivity index (χ1) is 12.1. The Morgan fingerprint density at radius 2 is 1.88 bits per heavy atom. The number of carbonyl (C=O) groups excluding carboxylic acids is 1. The van der Waals surface area contributed by atoms with Gasteiger partial charge in [-0.25, -0.2) is 0 Å². The lowest BCUT2D eigenvalue weighted by molar-refractivity contribution is -0.118. The number of benzene rings is 2. The third kappa shape index (κ3) is 4.84. The molecule has 0 aliphatic rings. The van der Waals surface area contributed by atoms with Crippen molar-refractivity contribution >= 4 is 11.6 Å². The molecule has 0 saturated heterocycles. The summed E-state index contributed by atoms with van der Waals surface area (Å²) in [5.74, 6) is 2.09. The minimum atomic E-state index is -0.284. The van der Waals surface area contributed by atoms with E-state index in [1.165, 1.54) is 0 Å². The molecule has 3 aromatic rings. The highest BCUT2D eigenvalue weighted by atomic mass is 16.5. The van der Waals surface area contributed by atoms with Gasteiger partial charge in [-0.3, -0.25) is 4.79 Å². The van der Waals surface area contributed by atoms with Crippen LogP contribution in [0.4, 0.5) is 5.69 Å². The summed E-state index contributed by atoms with van der Waals surface area (Å²) in [6.45, 7) is 3.61. The molecule has 0 unspecified atom stereocenters. The summed E-state index contributed by atoms with van der Waals surface area (Å²) in [7, 11) is 0. The number of aryl methyl sites for hydroxylation is 2. The Morgan fingerprint density at radius 3 is 2.56 bits per heavy atom. The summed E-state index contributed by atoms with van der Waals surface area (Å²) >= 11 is 0. The number of nitrogens with one attached hydrogen (secondary N) is 1. The third-order valence-corrected chi connectivity index (χ3v) is 3.32. The summed E-state index contributed by atoms with van der Waals surface area (Å²) in [6, 6.07) is 16.5. The van der Waals surface area contributed by atoms with Gasteiger partial charge in [-0.1, -0.05) is 12.1 Å². The highest BCUT2D eigenvalue weighted by Gasteiger charge is 2.07. The number of hydrogen-bond acceptors (Lipinski definition) is 5. The number of aromatic nitrogens is 1. The van der Waals surface area contributed by atoms with Crippen molar-refractivity contribution in [2.24, 2.45) is 0 Å². The normalized spacial score (nSPS) is 10.3. The Bertz CT molecular complexity index is 856. The molecule has 2 aromatic carbocycles. The molecule has 0 bridgehead atoms. The van der Waals surface area contributed by atoms with Gasteiger partial charge in [0, 0.05) is 11.8 Å². The van der Waals surface area contributed by atoms with Crippen molar-refractivity contribution in [3.05, 3.63) is 65.9 Å². The number of nitrogens with zero attached hydrogens (tertiary/aromatic N) is 1. The molecule has 0 fully saturated rings. The number of hydrogen-bond donors (Lipinski definition) is 1. The quantitative estimate of drug-likeness (QED) is 0.732. The fourth-order valence-electron chi connectivity index (χ4n) is 2.17. The van der Waals surface area contributed by atoms with Crippen molar-refractivity contribution in [2.75, 3.05) is 11.9 Å². The van der Waals surface area contributed by atoms with E-state index >= 15 is 0 Å². The summed E-state index contributed by atoms with van der Waals surface area (Å²) in [5, 5.41) is 6.40. The van der Waals surface area contributed by atoms with E-state index in [1.807, 2.05) is 31.2 Å². The average molecular weight is 338 g/mol. The molecule has 0 spiro atoms. The first kappa shape index (κ1) is 16.6. The van der Waals surface area contributed by atoms with E-state index in [9.17, 15) is 4.79 Å². The molecule has 6 heteroatoms. The third-order valence-electron chi connectivity index (χ3n) is 3.32. The Morgan fingerprint density at radius 1 is 1.08 bits per heavy atom. The fraction of sp³-hybridized carbons (Fsp3) is 0.158. The van der Waals surface area contributed by atoms with Crippen molar-refractivity contribution in [3.8, 4) is 17.4 Å². The number of anilines is 1. The fourth-order valence-corrected chi connectivity index (χ4v) is 2.17. The second kappa shape index (κ2) is 7.53. The SMILES string of the molecule is Cc1cccc(Oc2ccc(NC(=O)COc3cc(C)on3)cc2)c1. The molecule has 1 N–H and O–H groups in total. The van der Waals surface area contributed by atoms with Crippen molar-refractivity contribution in [1.82, 2.24) is 5.16 Å². The molecule has 0 radical (unpaired) electrons. The Labute approximate surface area is 145 Å². The maximum absolute atomic E-state index is 11.9. The highest BCUT2D eigenvalue weighted by molar-refractivity contribution is 5.91. The van der Waals surface area contributed by atoms with Gasteiger partial charge in [0.1, 0.15) is 17.3 Å². The van der Waals surface area contributed by atoms with Gasteiger partial charge in [-0.2, -0.15) is 0 Å². The van der Waals surface area contributed by atoms with E-state index < -0.39 is 0 Å². The zero-order valence-electron chi connectivity index (χ0n) is 14.0. The van der Waals surface area contributed by atoms with Crippen LogP contribution in [0.2, 0.25) is 0 Å². The van der Waals surface area contributed by atoms with Gasteiger partial charge >= 0.3 is 0 Å². The van der Waals surface area contributed by atoms with Gasteiger partial charge in [0.15, 0.2) is 6.61 Å². The van der Waals surface area contributed by atoms with Crippen LogP contribution in [0.3, 0.4) is 0 Å².